The zero-order valence-electron chi connectivity index (χ0n) is 10.4. The number of rotatable bonds is 2. The Hall–Kier alpha value is -1.03. The lowest BCUT2D eigenvalue weighted by atomic mass is 9.96. The first-order chi connectivity index (χ1) is 9.24. The molecule has 100 valence electrons. The van der Waals surface area contributed by atoms with E-state index in [1.165, 1.54) is 18.5 Å². The standard InChI is InChI=1S/C14H15Cl2N3/c15-11-4-12(16)6-13(5-11)19-9-18-8-14(19)10-2-1-3-17-7-10/h4-6,8-10,17H,1-3,7H2. The van der Waals surface area contributed by atoms with Crippen molar-refractivity contribution in [3.05, 3.63) is 46.5 Å². The van der Waals surface area contributed by atoms with Crippen LogP contribution < -0.4 is 5.32 Å². The molecule has 0 bridgehead atoms. The molecule has 5 heteroatoms. The lowest BCUT2D eigenvalue weighted by Gasteiger charge is -2.23. The monoisotopic (exact) mass is 295 g/mol. The lowest BCUT2D eigenvalue weighted by Crippen LogP contribution is -2.29. The number of benzene rings is 1. The fourth-order valence-corrected chi connectivity index (χ4v) is 3.12. The molecule has 2 heterocycles. The fourth-order valence-electron chi connectivity index (χ4n) is 2.61. The van der Waals surface area contributed by atoms with Crippen molar-refractivity contribution in [1.82, 2.24) is 14.9 Å². The Balaban J connectivity index is 1.98. The number of nitrogens with zero attached hydrogens (tertiary/aromatic N) is 2. The normalized spacial score (nSPS) is 19.6. The van der Waals surface area contributed by atoms with Gasteiger partial charge >= 0.3 is 0 Å². The van der Waals surface area contributed by atoms with Crippen LogP contribution in [-0.2, 0) is 0 Å². The van der Waals surface area contributed by atoms with Gasteiger partial charge in [-0.05, 0) is 37.6 Å². The highest BCUT2D eigenvalue weighted by Crippen LogP contribution is 2.28. The van der Waals surface area contributed by atoms with Crippen LogP contribution in [0.5, 0.6) is 0 Å². The molecule has 1 saturated heterocycles. The van der Waals surface area contributed by atoms with Gasteiger partial charge in [-0.3, -0.25) is 0 Å². The van der Waals surface area contributed by atoms with Crippen molar-refractivity contribution in [3.63, 3.8) is 0 Å². The summed E-state index contributed by atoms with van der Waals surface area (Å²) in [5, 5.41) is 4.72. The number of nitrogens with one attached hydrogen (secondary N) is 1. The minimum Gasteiger partial charge on any atom is -0.316 e. The number of hydrogen-bond donors (Lipinski definition) is 1. The smallest absolute Gasteiger partial charge is 0.0994 e. The van der Waals surface area contributed by atoms with Gasteiger partial charge < -0.3 is 9.88 Å². The molecule has 1 N–H and O–H groups in total. The molecule has 3 nitrogen and oxygen atoms in total. The van der Waals surface area contributed by atoms with E-state index in [1.54, 1.807) is 6.07 Å². The SMILES string of the molecule is Clc1cc(Cl)cc(-n2cncc2C2CCCNC2)c1. The molecule has 0 saturated carbocycles. The molecule has 3 rings (SSSR count). The van der Waals surface area contributed by atoms with Crippen molar-refractivity contribution in [2.24, 2.45) is 0 Å². The van der Waals surface area contributed by atoms with Crippen molar-refractivity contribution in [2.45, 2.75) is 18.8 Å². The first kappa shape index (κ1) is 13.0. The second kappa shape index (κ2) is 5.53. The second-order valence-corrected chi connectivity index (χ2v) is 5.73. The molecule has 0 radical (unpaired) electrons. The van der Waals surface area contributed by atoms with Crippen molar-refractivity contribution >= 4 is 23.2 Å². The van der Waals surface area contributed by atoms with Crippen molar-refractivity contribution < 1.29 is 0 Å². The highest BCUT2D eigenvalue weighted by atomic mass is 35.5. The maximum absolute atomic E-state index is 6.07. The summed E-state index contributed by atoms with van der Waals surface area (Å²) in [6.45, 7) is 2.10. The summed E-state index contributed by atoms with van der Waals surface area (Å²) in [4.78, 5) is 4.28. The average molecular weight is 296 g/mol. The first-order valence-corrected chi connectivity index (χ1v) is 7.19. The van der Waals surface area contributed by atoms with Gasteiger partial charge in [0, 0.05) is 40.1 Å². The highest BCUT2D eigenvalue weighted by molar-refractivity contribution is 6.34. The van der Waals surface area contributed by atoms with E-state index in [0.29, 0.717) is 16.0 Å². The molecule has 1 fully saturated rings. The van der Waals surface area contributed by atoms with E-state index in [-0.39, 0.29) is 0 Å². The third-order valence-corrected chi connectivity index (χ3v) is 3.94. The lowest BCUT2D eigenvalue weighted by molar-refractivity contribution is 0.451. The summed E-state index contributed by atoms with van der Waals surface area (Å²) in [5.74, 6) is 0.494. The minimum atomic E-state index is 0.494. The zero-order chi connectivity index (χ0) is 13.2. The number of piperidine rings is 1. The van der Waals surface area contributed by atoms with Crippen LogP contribution >= 0.6 is 23.2 Å². The van der Waals surface area contributed by atoms with Crippen molar-refractivity contribution in [2.75, 3.05) is 13.1 Å². The maximum atomic E-state index is 6.07. The van der Waals surface area contributed by atoms with Crippen LogP contribution in [0.2, 0.25) is 10.0 Å². The molecular formula is C14H15Cl2N3. The van der Waals surface area contributed by atoms with Crippen LogP contribution in [0.25, 0.3) is 5.69 Å². The molecule has 1 unspecified atom stereocenters. The van der Waals surface area contributed by atoms with E-state index in [9.17, 15) is 0 Å². The molecule has 0 spiro atoms. The summed E-state index contributed by atoms with van der Waals surface area (Å²) in [5.41, 5.74) is 2.18. The summed E-state index contributed by atoms with van der Waals surface area (Å²) in [7, 11) is 0. The summed E-state index contributed by atoms with van der Waals surface area (Å²) in [6.07, 6.45) is 6.15. The molecule has 0 amide bonds. The summed E-state index contributed by atoms with van der Waals surface area (Å²) < 4.78 is 2.08. The predicted molar refractivity (Wildman–Crippen MR) is 78.4 cm³/mol. The number of aromatic nitrogens is 2. The van der Waals surface area contributed by atoms with E-state index in [2.05, 4.69) is 14.9 Å². The molecule has 1 aromatic heterocycles. The Bertz CT molecular complexity index is 554. The van der Waals surface area contributed by atoms with Gasteiger partial charge in [0.05, 0.1) is 6.33 Å². The zero-order valence-corrected chi connectivity index (χ0v) is 12.0. The van der Waals surface area contributed by atoms with Crippen LogP contribution in [0.1, 0.15) is 24.5 Å². The third kappa shape index (κ3) is 2.78. The summed E-state index contributed by atoms with van der Waals surface area (Å²) >= 11 is 12.1. The molecular weight excluding hydrogens is 281 g/mol. The first-order valence-electron chi connectivity index (χ1n) is 6.43. The molecule has 0 aliphatic carbocycles. The van der Waals surface area contributed by atoms with E-state index in [4.69, 9.17) is 23.2 Å². The summed E-state index contributed by atoms with van der Waals surface area (Å²) in [6, 6.07) is 5.56. The van der Waals surface area contributed by atoms with Crippen LogP contribution in [0.15, 0.2) is 30.7 Å². The molecule has 19 heavy (non-hydrogen) atoms. The van der Waals surface area contributed by atoms with Crippen LogP contribution in [0, 0.1) is 0 Å². The van der Waals surface area contributed by atoms with Gasteiger partial charge in [0.1, 0.15) is 0 Å². The van der Waals surface area contributed by atoms with Crippen molar-refractivity contribution in [3.8, 4) is 5.69 Å². The average Bonchev–Trinajstić information content (AvgIpc) is 2.88. The number of halogens is 2. The number of hydrogen-bond acceptors (Lipinski definition) is 2. The molecule has 1 atom stereocenters. The Kier molecular flexibility index (Phi) is 3.78. The van der Waals surface area contributed by atoms with Gasteiger partial charge in [-0.15, -0.1) is 0 Å². The quantitative estimate of drug-likeness (QED) is 0.917. The Morgan fingerprint density at radius 3 is 2.68 bits per heavy atom. The Morgan fingerprint density at radius 1 is 1.21 bits per heavy atom. The fraction of sp³-hybridized carbons (Fsp3) is 0.357. The van der Waals surface area contributed by atoms with Gasteiger partial charge in [-0.1, -0.05) is 23.2 Å². The van der Waals surface area contributed by atoms with Gasteiger partial charge in [-0.2, -0.15) is 0 Å². The van der Waals surface area contributed by atoms with Crippen LogP contribution in [-0.4, -0.2) is 22.6 Å². The second-order valence-electron chi connectivity index (χ2n) is 4.86. The van der Waals surface area contributed by atoms with Gasteiger partial charge in [0.15, 0.2) is 0 Å². The van der Waals surface area contributed by atoms with Crippen LogP contribution in [0.4, 0.5) is 0 Å². The largest absolute Gasteiger partial charge is 0.316 e. The minimum absolute atomic E-state index is 0.494. The van der Waals surface area contributed by atoms with E-state index >= 15 is 0 Å². The molecule has 1 aromatic carbocycles. The van der Waals surface area contributed by atoms with E-state index in [1.807, 2.05) is 24.7 Å². The maximum Gasteiger partial charge on any atom is 0.0994 e. The molecule has 2 aromatic rings. The van der Waals surface area contributed by atoms with Crippen LogP contribution in [0.3, 0.4) is 0 Å². The van der Waals surface area contributed by atoms with E-state index in [0.717, 1.165) is 18.8 Å². The molecule has 1 aliphatic rings. The highest BCUT2D eigenvalue weighted by Gasteiger charge is 2.19. The van der Waals surface area contributed by atoms with Gasteiger partial charge in [0.2, 0.25) is 0 Å². The van der Waals surface area contributed by atoms with E-state index < -0.39 is 0 Å². The predicted octanol–water partition coefficient (Wildman–Crippen LogP) is 3.65. The number of imidazole rings is 1. The Morgan fingerprint density at radius 2 is 2.00 bits per heavy atom. The third-order valence-electron chi connectivity index (χ3n) is 3.51. The topological polar surface area (TPSA) is 29.9 Å². The van der Waals surface area contributed by atoms with Gasteiger partial charge in [0.25, 0.3) is 0 Å². The van der Waals surface area contributed by atoms with Crippen molar-refractivity contribution in [1.29, 1.82) is 0 Å². The van der Waals surface area contributed by atoms with Gasteiger partial charge in [-0.25, -0.2) is 4.98 Å². The molecule has 1 aliphatic heterocycles. The Labute approximate surface area is 122 Å².